The van der Waals surface area contributed by atoms with Crippen molar-refractivity contribution in [3.63, 3.8) is 0 Å². The van der Waals surface area contributed by atoms with E-state index in [9.17, 15) is 4.79 Å². The molecule has 2 aliphatic heterocycles. The number of carbonyl (C=O) groups excluding carboxylic acids is 1. The number of fused-ring (bicyclic) bond motifs is 1. The molecular formula is C35H39FN4O2. The molecular weight excluding hydrogens is 527 g/mol. The van der Waals surface area contributed by atoms with E-state index in [1.165, 1.54) is 49.4 Å². The summed E-state index contributed by atoms with van der Waals surface area (Å²) in [5, 5.41) is 0.909. The lowest BCUT2D eigenvalue weighted by atomic mass is 9.59. The van der Waals surface area contributed by atoms with E-state index in [1.54, 1.807) is 12.3 Å². The van der Waals surface area contributed by atoms with Gasteiger partial charge in [-0.1, -0.05) is 38.1 Å². The van der Waals surface area contributed by atoms with Gasteiger partial charge in [-0.2, -0.15) is 0 Å². The lowest BCUT2D eigenvalue weighted by molar-refractivity contribution is -0.0228. The van der Waals surface area contributed by atoms with E-state index in [2.05, 4.69) is 57.9 Å². The molecule has 1 spiro atoms. The molecule has 3 fully saturated rings. The van der Waals surface area contributed by atoms with Crippen LogP contribution in [-0.4, -0.2) is 46.8 Å². The van der Waals surface area contributed by atoms with Crippen LogP contribution in [0.25, 0.3) is 11.0 Å². The number of aldehydes is 1. The Morgan fingerprint density at radius 3 is 2.69 bits per heavy atom. The van der Waals surface area contributed by atoms with Crippen LogP contribution in [0.1, 0.15) is 85.8 Å². The van der Waals surface area contributed by atoms with Crippen LogP contribution in [0.15, 0.2) is 60.9 Å². The Hall–Kier alpha value is -3.71. The molecule has 2 aromatic heterocycles. The standard InChI is InChI=1S/C35H39FN4O2/c1-23(2)28-6-3-4-7-29(28)31-8-5-13-40(31)26-19-35(20-26)10-14-39(15-11-35)32-18-33(25(22-41)17-30(32)36)42-27-16-24-9-12-37-34(24)38-21-27/h3-4,6-7,9,12,16-18,21-23,26,31H,5,8,10-11,13-15,19-20H2,1-2H3,(H,37,38). The highest BCUT2D eigenvalue weighted by molar-refractivity contribution is 5.82. The Labute approximate surface area is 246 Å². The van der Waals surface area contributed by atoms with E-state index in [0.29, 0.717) is 46.9 Å². The summed E-state index contributed by atoms with van der Waals surface area (Å²) in [4.78, 5) is 24.1. The number of carbonyl (C=O) groups is 1. The molecule has 0 amide bonds. The van der Waals surface area contributed by atoms with Gasteiger partial charge in [-0.05, 0) is 85.7 Å². The smallest absolute Gasteiger partial charge is 0.153 e. The van der Waals surface area contributed by atoms with Crippen molar-refractivity contribution in [1.29, 1.82) is 0 Å². The fraction of sp³-hybridized carbons (Fsp3) is 0.429. The van der Waals surface area contributed by atoms with Crippen LogP contribution in [0.4, 0.5) is 10.1 Å². The molecule has 2 aromatic carbocycles. The molecule has 7 rings (SSSR count). The van der Waals surface area contributed by atoms with E-state index in [4.69, 9.17) is 4.74 Å². The number of pyridine rings is 1. The third kappa shape index (κ3) is 4.87. The predicted octanol–water partition coefficient (Wildman–Crippen LogP) is 8.02. The highest BCUT2D eigenvalue weighted by atomic mass is 19.1. The van der Waals surface area contributed by atoms with Gasteiger partial charge in [0.2, 0.25) is 0 Å². The van der Waals surface area contributed by atoms with Crippen LogP contribution in [0, 0.1) is 11.2 Å². The first-order valence-electron chi connectivity index (χ1n) is 15.4. The van der Waals surface area contributed by atoms with E-state index in [1.807, 2.05) is 18.3 Å². The number of hydrogen-bond donors (Lipinski definition) is 1. The van der Waals surface area contributed by atoms with E-state index < -0.39 is 0 Å². The normalized spacial score (nSPS) is 20.9. The van der Waals surface area contributed by atoms with Crippen molar-refractivity contribution in [2.75, 3.05) is 24.5 Å². The lowest BCUT2D eigenvalue weighted by Crippen LogP contribution is -2.55. The maximum Gasteiger partial charge on any atom is 0.153 e. The Morgan fingerprint density at radius 1 is 1.10 bits per heavy atom. The molecule has 218 valence electrons. The van der Waals surface area contributed by atoms with Gasteiger partial charge in [-0.25, -0.2) is 9.37 Å². The SMILES string of the molecule is CC(C)c1ccccc1C1CCCN1C1CC2(CCN(c3cc(Oc4cnc5[nH]ccc5c4)c(C=O)cc3F)CC2)C1. The van der Waals surface area contributed by atoms with Gasteiger partial charge in [0.15, 0.2) is 6.29 Å². The largest absolute Gasteiger partial charge is 0.455 e. The molecule has 1 atom stereocenters. The van der Waals surface area contributed by atoms with Gasteiger partial charge in [-0.15, -0.1) is 0 Å². The molecule has 3 aliphatic rings. The second kappa shape index (κ2) is 10.8. The molecule has 4 aromatic rings. The summed E-state index contributed by atoms with van der Waals surface area (Å²) in [6.07, 6.45) is 11.2. The first-order valence-corrected chi connectivity index (χ1v) is 15.4. The minimum atomic E-state index is -0.380. The van der Waals surface area contributed by atoms with Gasteiger partial charge in [0.05, 0.1) is 17.4 Å². The Balaban J connectivity index is 1.03. The van der Waals surface area contributed by atoms with Crippen LogP contribution in [0.2, 0.25) is 0 Å². The van der Waals surface area contributed by atoms with Crippen molar-refractivity contribution in [1.82, 2.24) is 14.9 Å². The second-order valence-electron chi connectivity index (χ2n) is 12.9. The summed E-state index contributed by atoms with van der Waals surface area (Å²) in [6, 6.07) is 17.0. The molecule has 1 N–H and O–H groups in total. The number of rotatable bonds is 7. The molecule has 42 heavy (non-hydrogen) atoms. The quantitative estimate of drug-likeness (QED) is 0.230. The van der Waals surface area contributed by atoms with Gasteiger partial charge in [0, 0.05) is 42.8 Å². The number of nitrogens with zero attached hydrogens (tertiary/aromatic N) is 3. The number of likely N-dealkylation sites (tertiary alicyclic amines) is 1. The third-order valence-corrected chi connectivity index (χ3v) is 10.1. The van der Waals surface area contributed by atoms with Crippen LogP contribution in [0.3, 0.4) is 0 Å². The van der Waals surface area contributed by atoms with Crippen molar-refractivity contribution in [3.05, 3.63) is 83.4 Å². The summed E-state index contributed by atoms with van der Waals surface area (Å²) in [6.45, 7) is 7.40. The average molecular weight is 567 g/mol. The van der Waals surface area contributed by atoms with Gasteiger partial charge < -0.3 is 14.6 Å². The zero-order chi connectivity index (χ0) is 28.8. The number of benzene rings is 2. The molecule has 0 bridgehead atoms. The molecule has 4 heterocycles. The van der Waals surface area contributed by atoms with Gasteiger partial charge in [-0.3, -0.25) is 9.69 Å². The van der Waals surface area contributed by atoms with E-state index in [0.717, 1.165) is 37.0 Å². The van der Waals surface area contributed by atoms with Crippen molar-refractivity contribution in [2.24, 2.45) is 5.41 Å². The van der Waals surface area contributed by atoms with Crippen LogP contribution >= 0.6 is 0 Å². The number of nitrogens with one attached hydrogen (secondary N) is 1. The maximum atomic E-state index is 15.3. The molecule has 2 saturated heterocycles. The first-order chi connectivity index (χ1) is 20.4. The number of aromatic nitrogens is 2. The number of hydrogen-bond acceptors (Lipinski definition) is 5. The average Bonchev–Trinajstić information content (AvgIpc) is 3.66. The number of ether oxygens (including phenoxy) is 1. The molecule has 7 heteroatoms. The van der Waals surface area contributed by atoms with Gasteiger partial charge in [0.25, 0.3) is 0 Å². The summed E-state index contributed by atoms with van der Waals surface area (Å²) in [5.41, 5.74) is 4.82. The van der Waals surface area contributed by atoms with Crippen molar-refractivity contribution in [2.45, 2.75) is 70.4 Å². The molecule has 0 radical (unpaired) electrons. The third-order valence-electron chi connectivity index (χ3n) is 10.1. The monoisotopic (exact) mass is 566 g/mol. The minimum absolute atomic E-state index is 0.194. The summed E-state index contributed by atoms with van der Waals surface area (Å²) in [5.74, 6) is 1.02. The maximum absolute atomic E-state index is 15.3. The lowest BCUT2D eigenvalue weighted by Gasteiger charge is -2.56. The topological polar surface area (TPSA) is 61.5 Å². The summed E-state index contributed by atoms with van der Waals surface area (Å²) >= 11 is 0. The summed E-state index contributed by atoms with van der Waals surface area (Å²) in [7, 11) is 0. The predicted molar refractivity (Wildman–Crippen MR) is 164 cm³/mol. The number of halogens is 1. The van der Waals surface area contributed by atoms with Crippen LogP contribution < -0.4 is 9.64 Å². The zero-order valence-corrected chi connectivity index (χ0v) is 24.5. The molecule has 6 nitrogen and oxygen atoms in total. The molecule has 1 aliphatic carbocycles. The number of aromatic amines is 1. The zero-order valence-electron chi connectivity index (χ0n) is 24.5. The van der Waals surface area contributed by atoms with E-state index >= 15 is 4.39 Å². The van der Waals surface area contributed by atoms with Gasteiger partial charge in [0.1, 0.15) is 23.0 Å². The Morgan fingerprint density at radius 2 is 1.90 bits per heavy atom. The van der Waals surface area contributed by atoms with Crippen LogP contribution in [-0.2, 0) is 0 Å². The van der Waals surface area contributed by atoms with Crippen molar-refractivity contribution in [3.8, 4) is 11.5 Å². The molecule has 1 saturated carbocycles. The van der Waals surface area contributed by atoms with Crippen LogP contribution in [0.5, 0.6) is 11.5 Å². The van der Waals surface area contributed by atoms with Gasteiger partial charge >= 0.3 is 0 Å². The fourth-order valence-corrected chi connectivity index (χ4v) is 7.79. The number of piperidine rings is 1. The van der Waals surface area contributed by atoms with Crippen molar-refractivity contribution < 1.29 is 13.9 Å². The number of anilines is 1. The van der Waals surface area contributed by atoms with Crippen molar-refractivity contribution >= 4 is 23.0 Å². The summed E-state index contributed by atoms with van der Waals surface area (Å²) < 4.78 is 21.3. The Bertz CT molecular complexity index is 1600. The Kier molecular flexibility index (Phi) is 7.01. The minimum Gasteiger partial charge on any atom is -0.455 e. The highest BCUT2D eigenvalue weighted by Gasteiger charge is 2.50. The second-order valence-corrected chi connectivity index (χ2v) is 12.9. The fourth-order valence-electron chi connectivity index (χ4n) is 7.79. The molecule has 1 unspecified atom stereocenters. The highest BCUT2D eigenvalue weighted by Crippen LogP contribution is 2.54. The first kappa shape index (κ1) is 27.1. The number of H-pyrrole nitrogens is 1. The van der Waals surface area contributed by atoms with E-state index in [-0.39, 0.29) is 11.4 Å².